The van der Waals surface area contributed by atoms with E-state index in [0.717, 1.165) is 12.1 Å². The lowest BCUT2D eigenvalue weighted by Gasteiger charge is -2.17. The average molecular weight is 338 g/mol. The van der Waals surface area contributed by atoms with E-state index >= 15 is 0 Å². The highest BCUT2D eigenvalue weighted by molar-refractivity contribution is 5.92. The quantitative estimate of drug-likeness (QED) is 0.880. The van der Waals surface area contributed by atoms with E-state index in [1.54, 1.807) is 18.0 Å². The number of methoxy groups -OCH3 is 1. The maximum absolute atomic E-state index is 13.6. The van der Waals surface area contributed by atoms with Crippen LogP contribution >= 0.6 is 0 Å². The third-order valence-corrected chi connectivity index (χ3v) is 3.29. The van der Waals surface area contributed by atoms with E-state index < -0.39 is 23.4 Å². The summed E-state index contributed by atoms with van der Waals surface area (Å²) in [6.45, 7) is 0.346. The lowest BCUT2D eigenvalue weighted by Crippen LogP contribution is -2.29. The van der Waals surface area contributed by atoms with Crippen LogP contribution in [-0.2, 0) is 11.3 Å². The molecule has 2 aromatic carbocycles. The topological polar surface area (TPSA) is 41.6 Å². The van der Waals surface area contributed by atoms with Crippen molar-refractivity contribution in [2.75, 3.05) is 26.0 Å². The molecule has 0 aliphatic rings. The molecule has 0 heterocycles. The fraction of sp³-hybridized carbons (Fsp3) is 0.235. The predicted molar refractivity (Wildman–Crippen MR) is 84.3 cm³/mol. The highest BCUT2D eigenvalue weighted by Gasteiger charge is 2.11. The number of nitrogens with zero attached hydrogens (tertiary/aromatic N) is 1. The second-order valence-corrected chi connectivity index (χ2v) is 5.32. The zero-order valence-electron chi connectivity index (χ0n) is 13.3. The number of amides is 1. The Labute approximate surface area is 137 Å². The molecule has 0 aliphatic heterocycles. The number of hydrogen-bond donors (Lipinski definition) is 1. The first kappa shape index (κ1) is 17.8. The van der Waals surface area contributed by atoms with Crippen molar-refractivity contribution in [1.29, 1.82) is 0 Å². The molecule has 0 saturated heterocycles. The standard InChI is InChI=1S/C17H17F3N2O2/c1-22(9-11-3-6-16(24-2)15(20)7-11)10-17(23)21-12-4-5-13(18)14(19)8-12/h3-8H,9-10H2,1-2H3,(H,21,23). The molecule has 4 nitrogen and oxygen atoms in total. The lowest BCUT2D eigenvalue weighted by molar-refractivity contribution is -0.117. The van der Waals surface area contributed by atoms with Gasteiger partial charge in [0.25, 0.3) is 0 Å². The Hall–Kier alpha value is -2.54. The Morgan fingerprint density at radius 3 is 2.46 bits per heavy atom. The van der Waals surface area contributed by atoms with Gasteiger partial charge in [-0.25, -0.2) is 13.2 Å². The average Bonchev–Trinajstić information content (AvgIpc) is 2.51. The van der Waals surface area contributed by atoms with Crippen molar-refractivity contribution in [3.8, 4) is 5.75 Å². The monoisotopic (exact) mass is 338 g/mol. The Morgan fingerprint density at radius 2 is 1.83 bits per heavy atom. The molecule has 0 unspecified atom stereocenters. The third kappa shape index (κ3) is 4.73. The second-order valence-electron chi connectivity index (χ2n) is 5.32. The van der Waals surface area contributed by atoms with Gasteiger partial charge in [0.1, 0.15) is 0 Å². The van der Waals surface area contributed by atoms with E-state index in [1.807, 2.05) is 0 Å². The highest BCUT2D eigenvalue weighted by Crippen LogP contribution is 2.18. The second kappa shape index (κ2) is 7.83. The Balaban J connectivity index is 1.91. The van der Waals surface area contributed by atoms with Crippen molar-refractivity contribution in [2.45, 2.75) is 6.54 Å². The van der Waals surface area contributed by atoms with Crippen LogP contribution in [0.3, 0.4) is 0 Å². The third-order valence-electron chi connectivity index (χ3n) is 3.29. The number of hydrogen-bond acceptors (Lipinski definition) is 3. The maximum Gasteiger partial charge on any atom is 0.238 e. The molecule has 128 valence electrons. The molecule has 0 bridgehead atoms. The summed E-state index contributed by atoms with van der Waals surface area (Å²) in [6, 6.07) is 7.67. The van der Waals surface area contributed by atoms with Crippen LogP contribution in [0.15, 0.2) is 36.4 Å². The summed E-state index contributed by atoms with van der Waals surface area (Å²) in [6.07, 6.45) is 0. The van der Waals surface area contributed by atoms with E-state index in [4.69, 9.17) is 4.74 Å². The predicted octanol–water partition coefficient (Wildman–Crippen LogP) is 3.18. The number of anilines is 1. The van der Waals surface area contributed by atoms with Gasteiger partial charge in [-0.2, -0.15) is 0 Å². The van der Waals surface area contributed by atoms with E-state index in [0.29, 0.717) is 12.1 Å². The van der Waals surface area contributed by atoms with Gasteiger partial charge in [0, 0.05) is 18.3 Å². The molecule has 2 rings (SSSR count). The van der Waals surface area contributed by atoms with Crippen LogP contribution in [0.5, 0.6) is 5.75 Å². The molecule has 0 aromatic heterocycles. The number of halogens is 3. The first-order chi connectivity index (χ1) is 11.4. The van der Waals surface area contributed by atoms with Crippen molar-refractivity contribution in [3.63, 3.8) is 0 Å². The van der Waals surface area contributed by atoms with Gasteiger partial charge < -0.3 is 10.1 Å². The minimum absolute atomic E-state index is 0.00659. The summed E-state index contributed by atoms with van der Waals surface area (Å²) >= 11 is 0. The molecular weight excluding hydrogens is 321 g/mol. The van der Waals surface area contributed by atoms with Crippen molar-refractivity contribution in [3.05, 3.63) is 59.4 Å². The van der Waals surface area contributed by atoms with Crippen molar-refractivity contribution in [1.82, 2.24) is 4.90 Å². The van der Waals surface area contributed by atoms with Crippen LogP contribution in [0.4, 0.5) is 18.9 Å². The Morgan fingerprint density at radius 1 is 1.08 bits per heavy atom. The van der Waals surface area contributed by atoms with Gasteiger partial charge in [-0.1, -0.05) is 6.07 Å². The molecule has 1 amide bonds. The fourth-order valence-corrected chi connectivity index (χ4v) is 2.20. The van der Waals surface area contributed by atoms with Crippen LogP contribution in [-0.4, -0.2) is 31.5 Å². The molecule has 0 fully saturated rings. The Bertz CT molecular complexity index is 738. The summed E-state index contributed by atoms with van der Waals surface area (Å²) in [5, 5.41) is 2.47. The molecule has 7 heteroatoms. The molecule has 1 N–H and O–H groups in total. The Kier molecular flexibility index (Phi) is 5.81. The van der Waals surface area contributed by atoms with Gasteiger partial charge in [-0.05, 0) is 36.9 Å². The number of carbonyl (C=O) groups excluding carboxylic acids is 1. The van der Waals surface area contributed by atoms with Crippen LogP contribution in [0.2, 0.25) is 0 Å². The zero-order chi connectivity index (χ0) is 17.7. The van der Waals surface area contributed by atoms with Crippen molar-refractivity contribution in [2.24, 2.45) is 0 Å². The van der Waals surface area contributed by atoms with Gasteiger partial charge in [-0.15, -0.1) is 0 Å². The van der Waals surface area contributed by atoms with Crippen molar-refractivity contribution < 1.29 is 22.7 Å². The molecule has 0 aliphatic carbocycles. The maximum atomic E-state index is 13.6. The van der Waals surface area contributed by atoms with Gasteiger partial charge >= 0.3 is 0 Å². The van der Waals surface area contributed by atoms with Crippen LogP contribution in [0, 0.1) is 17.5 Å². The molecule has 0 radical (unpaired) electrons. The SMILES string of the molecule is COc1ccc(CN(C)CC(=O)Nc2ccc(F)c(F)c2)cc1F. The van der Waals surface area contributed by atoms with E-state index in [2.05, 4.69) is 5.32 Å². The molecular formula is C17H17F3N2O2. The number of rotatable bonds is 6. The normalized spacial score (nSPS) is 10.8. The molecule has 0 atom stereocenters. The smallest absolute Gasteiger partial charge is 0.238 e. The number of likely N-dealkylation sites (N-methyl/N-ethyl adjacent to an activating group) is 1. The van der Waals surface area contributed by atoms with Gasteiger partial charge in [0.05, 0.1) is 13.7 Å². The number of nitrogens with one attached hydrogen (secondary N) is 1. The number of ether oxygens (including phenoxy) is 1. The highest BCUT2D eigenvalue weighted by atomic mass is 19.2. The van der Waals surface area contributed by atoms with E-state index in [9.17, 15) is 18.0 Å². The summed E-state index contributed by atoms with van der Waals surface area (Å²) in [5.74, 6) is -2.73. The summed E-state index contributed by atoms with van der Waals surface area (Å²) < 4.78 is 44.4. The number of benzene rings is 2. The lowest BCUT2D eigenvalue weighted by atomic mass is 10.2. The van der Waals surface area contributed by atoms with E-state index in [1.165, 1.54) is 25.3 Å². The van der Waals surface area contributed by atoms with Gasteiger partial charge in [0.15, 0.2) is 23.2 Å². The molecule has 0 saturated carbocycles. The first-order valence-electron chi connectivity index (χ1n) is 7.15. The molecule has 2 aromatic rings. The summed E-state index contributed by atoms with van der Waals surface area (Å²) in [4.78, 5) is 13.6. The number of carbonyl (C=O) groups is 1. The van der Waals surface area contributed by atoms with E-state index in [-0.39, 0.29) is 18.0 Å². The largest absolute Gasteiger partial charge is 0.494 e. The minimum Gasteiger partial charge on any atom is -0.494 e. The van der Waals surface area contributed by atoms with Gasteiger partial charge in [0.2, 0.25) is 5.91 Å². The first-order valence-corrected chi connectivity index (χ1v) is 7.15. The fourth-order valence-electron chi connectivity index (χ4n) is 2.20. The molecule has 24 heavy (non-hydrogen) atoms. The molecule has 0 spiro atoms. The van der Waals surface area contributed by atoms with Crippen LogP contribution in [0.25, 0.3) is 0 Å². The zero-order valence-corrected chi connectivity index (χ0v) is 13.3. The van der Waals surface area contributed by atoms with Crippen LogP contribution < -0.4 is 10.1 Å². The van der Waals surface area contributed by atoms with Crippen molar-refractivity contribution >= 4 is 11.6 Å². The summed E-state index contributed by atoms with van der Waals surface area (Å²) in [7, 11) is 3.07. The minimum atomic E-state index is -1.03. The van der Waals surface area contributed by atoms with Gasteiger partial charge in [-0.3, -0.25) is 9.69 Å². The van der Waals surface area contributed by atoms with Crippen LogP contribution in [0.1, 0.15) is 5.56 Å². The summed E-state index contributed by atoms with van der Waals surface area (Å²) in [5.41, 5.74) is 0.846.